The lowest BCUT2D eigenvalue weighted by molar-refractivity contribution is 0.643. The van der Waals surface area contributed by atoms with Crippen LogP contribution in [0.3, 0.4) is 0 Å². The van der Waals surface area contributed by atoms with E-state index in [1.54, 1.807) is 7.05 Å². The first kappa shape index (κ1) is 17.3. The second kappa shape index (κ2) is 5.94. The number of anilines is 1. The summed E-state index contributed by atoms with van der Waals surface area (Å²) in [5.74, 6) is 0.472. The normalized spacial score (nSPS) is 16.2. The van der Waals surface area contributed by atoms with Crippen LogP contribution >= 0.6 is 0 Å². The van der Waals surface area contributed by atoms with Gasteiger partial charge in [-0.3, -0.25) is 18.5 Å². The fourth-order valence-electron chi connectivity index (χ4n) is 3.49. The number of nitrogens with one attached hydrogen (secondary N) is 1. The Morgan fingerprint density at radius 2 is 1.93 bits per heavy atom. The van der Waals surface area contributed by atoms with Crippen LogP contribution in [0.2, 0.25) is 0 Å². The highest BCUT2D eigenvalue weighted by molar-refractivity contribution is 5.90. The van der Waals surface area contributed by atoms with E-state index in [1.807, 2.05) is 50.5 Å². The fourth-order valence-corrected chi connectivity index (χ4v) is 3.49. The third kappa shape index (κ3) is 2.51. The number of rotatable bonds is 2. The molecule has 1 unspecified atom stereocenters. The smallest absolute Gasteiger partial charge is 0.294 e. The first-order valence-electron chi connectivity index (χ1n) is 8.87. The Kier molecular flexibility index (Phi) is 3.80. The molecule has 1 atom stereocenters. The van der Waals surface area contributed by atoms with Gasteiger partial charge in [0.1, 0.15) is 0 Å². The Morgan fingerprint density at radius 1 is 1.19 bits per heavy atom. The lowest BCUT2D eigenvalue weighted by atomic mass is 10.1. The fraction of sp³-hybridized carbons (Fsp3) is 0.368. The minimum absolute atomic E-state index is 0.120. The summed E-state index contributed by atoms with van der Waals surface area (Å²) in [6.07, 6.45) is 0. The number of benzene rings is 1. The van der Waals surface area contributed by atoms with Crippen molar-refractivity contribution in [1.82, 2.24) is 18.7 Å². The first-order valence-corrected chi connectivity index (χ1v) is 8.87. The lowest BCUT2D eigenvalue weighted by Gasteiger charge is -2.21. The van der Waals surface area contributed by atoms with Gasteiger partial charge in [-0.15, -0.1) is 0 Å². The number of hydrogen-bond donors (Lipinski definition) is 1. The highest BCUT2D eigenvalue weighted by atomic mass is 16.2. The molecule has 4 rings (SSSR count). The van der Waals surface area contributed by atoms with Crippen LogP contribution in [0.15, 0.2) is 32.9 Å². The van der Waals surface area contributed by atoms with Gasteiger partial charge in [0.25, 0.3) is 5.56 Å². The molecular weight excluding hydrogens is 344 g/mol. The quantitative estimate of drug-likeness (QED) is 0.751. The van der Waals surface area contributed by atoms with E-state index in [4.69, 9.17) is 0 Å². The molecule has 1 aromatic carbocycles. The predicted molar refractivity (Wildman–Crippen MR) is 106 cm³/mol. The van der Waals surface area contributed by atoms with Crippen LogP contribution < -0.4 is 16.7 Å². The van der Waals surface area contributed by atoms with Crippen LogP contribution in [0.1, 0.15) is 36.6 Å². The van der Waals surface area contributed by atoms with Crippen molar-refractivity contribution in [2.45, 2.75) is 40.3 Å². The summed E-state index contributed by atoms with van der Waals surface area (Å²) in [4.78, 5) is 30.6. The highest BCUT2D eigenvalue weighted by Crippen LogP contribution is 2.25. The second-order valence-electron chi connectivity index (χ2n) is 7.18. The van der Waals surface area contributed by atoms with Crippen LogP contribution in [0, 0.1) is 13.8 Å². The molecule has 0 bridgehead atoms. The van der Waals surface area contributed by atoms with E-state index < -0.39 is 0 Å². The molecule has 3 aromatic rings. The Balaban J connectivity index is 1.99. The molecular formula is C19H22N6O2. The number of nitrogens with zero attached hydrogens (tertiary/aromatic N) is 5. The lowest BCUT2D eigenvalue weighted by Crippen LogP contribution is -2.40. The number of aryl methyl sites for hydroxylation is 3. The zero-order valence-electron chi connectivity index (χ0n) is 16.1. The first-order chi connectivity index (χ1) is 12.8. The summed E-state index contributed by atoms with van der Waals surface area (Å²) < 4.78 is 4.53. The SMILES string of the molecule is CC1=NNc2nc3c(c(=O)n(Cc4cc(C)ccc4C)c(=O)n3C)n2C1C. The van der Waals surface area contributed by atoms with Crippen molar-refractivity contribution >= 4 is 22.8 Å². The largest absolute Gasteiger partial charge is 0.332 e. The van der Waals surface area contributed by atoms with Gasteiger partial charge in [-0.25, -0.2) is 10.2 Å². The number of imidazole rings is 1. The number of hydrogen-bond acceptors (Lipinski definition) is 5. The average molecular weight is 366 g/mol. The number of hydrazone groups is 1. The summed E-state index contributed by atoms with van der Waals surface area (Å²) in [5, 5.41) is 4.23. The molecule has 27 heavy (non-hydrogen) atoms. The minimum atomic E-state index is -0.380. The maximum Gasteiger partial charge on any atom is 0.332 e. The third-order valence-corrected chi connectivity index (χ3v) is 5.33. The van der Waals surface area contributed by atoms with Gasteiger partial charge >= 0.3 is 5.69 Å². The van der Waals surface area contributed by atoms with Gasteiger partial charge in [-0.2, -0.15) is 10.1 Å². The molecule has 1 aliphatic heterocycles. The summed E-state index contributed by atoms with van der Waals surface area (Å²) in [7, 11) is 1.64. The monoisotopic (exact) mass is 366 g/mol. The minimum Gasteiger partial charge on any atom is -0.294 e. The summed E-state index contributed by atoms with van der Waals surface area (Å²) in [6.45, 7) is 8.06. The van der Waals surface area contributed by atoms with E-state index in [1.165, 1.54) is 9.13 Å². The van der Waals surface area contributed by atoms with Crippen molar-refractivity contribution in [3.63, 3.8) is 0 Å². The second-order valence-corrected chi connectivity index (χ2v) is 7.18. The van der Waals surface area contributed by atoms with Gasteiger partial charge in [0.15, 0.2) is 11.2 Å². The van der Waals surface area contributed by atoms with Gasteiger partial charge < -0.3 is 0 Å². The molecule has 8 nitrogen and oxygen atoms in total. The van der Waals surface area contributed by atoms with Crippen molar-refractivity contribution in [2.24, 2.45) is 12.1 Å². The standard InChI is InChI=1S/C19H22N6O2/c1-10-6-7-11(2)14(8-10)9-24-17(26)15-16(23(5)19(24)27)20-18-22-21-12(3)13(4)25(15)18/h6-8,13H,9H2,1-5H3,(H,20,22). The van der Waals surface area contributed by atoms with E-state index >= 15 is 0 Å². The molecule has 0 aliphatic carbocycles. The van der Waals surface area contributed by atoms with Gasteiger partial charge in [0, 0.05) is 7.05 Å². The van der Waals surface area contributed by atoms with Crippen LogP contribution in [0.4, 0.5) is 5.95 Å². The molecule has 0 amide bonds. The Bertz CT molecular complexity index is 1230. The van der Waals surface area contributed by atoms with Crippen molar-refractivity contribution < 1.29 is 0 Å². The summed E-state index contributed by atoms with van der Waals surface area (Å²) >= 11 is 0. The topological polar surface area (TPSA) is 86.2 Å². The molecule has 140 valence electrons. The number of aromatic nitrogens is 4. The molecule has 2 aromatic heterocycles. The zero-order chi connectivity index (χ0) is 19.5. The molecule has 1 aliphatic rings. The molecule has 1 N–H and O–H groups in total. The van der Waals surface area contributed by atoms with Crippen LogP contribution in [0.25, 0.3) is 11.2 Å². The summed E-state index contributed by atoms with van der Waals surface area (Å²) in [6, 6.07) is 5.92. The van der Waals surface area contributed by atoms with Crippen molar-refractivity contribution in [1.29, 1.82) is 0 Å². The molecule has 0 radical (unpaired) electrons. The van der Waals surface area contributed by atoms with Crippen molar-refractivity contribution in [3.8, 4) is 0 Å². The van der Waals surface area contributed by atoms with Gasteiger partial charge in [0.2, 0.25) is 5.95 Å². The molecule has 3 heterocycles. The maximum absolute atomic E-state index is 13.3. The highest BCUT2D eigenvalue weighted by Gasteiger charge is 2.26. The zero-order valence-corrected chi connectivity index (χ0v) is 16.1. The average Bonchev–Trinajstić information content (AvgIpc) is 3.03. The van der Waals surface area contributed by atoms with E-state index in [0.717, 1.165) is 22.4 Å². The molecule has 0 fully saturated rings. The van der Waals surface area contributed by atoms with Gasteiger partial charge in [0.05, 0.1) is 18.3 Å². The van der Waals surface area contributed by atoms with Crippen molar-refractivity contribution in [2.75, 3.05) is 5.43 Å². The predicted octanol–water partition coefficient (Wildman–Crippen LogP) is 1.92. The summed E-state index contributed by atoms with van der Waals surface area (Å²) in [5.41, 5.74) is 6.86. The Hall–Kier alpha value is -3.16. The van der Waals surface area contributed by atoms with E-state index in [0.29, 0.717) is 17.1 Å². The molecule has 8 heteroatoms. The molecule has 0 saturated carbocycles. The van der Waals surface area contributed by atoms with Crippen molar-refractivity contribution in [3.05, 3.63) is 55.7 Å². The Labute approximate surface area is 155 Å². The maximum atomic E-state index is 13.3. The molecule has 0 saturated heterocycles. The van der Waals surface area contributed by atoms with E-state index in [9.17, 15) is 9.59 Å². The Morgan fingerprint density at radius 3 is 2.67 bits per heavy atom. The third-order valence-electron chi connectivity index (χ3n) is 5.33. The van der Waals surface area contributed by atoms with E-state index in [-0.39, 0.29) is 23.8 Å². The van der Waals surface area contributed by atoms with Crippen LogP contribution in [-0.4, -0.2) is 24.4 Å². The van der Waals surface area contributed by atoms with Crippen LogP contribution in [0.5, 0.6) is 0 Å². The van der Waals surface area contributed by atoms with E-state index in [2.05, 4.69) is 15.5 Å². The molecule has 0 spiro atoms. The van der Waals surface area contributed by atoms with Gasteiger partial charge in [-0.05, 0) is 38.8 Å². The number of fused-ring (bicyclic) bond motifs is 3. The van der Waals surface area contributed by atoms with Crippen LogP contribution in [-0.2, 0) is 13.6 Å². The van der Waals surface area contributed by atoms with Gasteiger partial charge in [-0.1, -0.05) is 23.8 Å².